The topological polar surface area (TPSA) is 97.8 Å². The van der Waals surface area contributed by atoms with Crippen molar-refractivity contribution in [2.24, 2.45) is 14.1 Å². The molecule has 1 atom stereocenters. The fraction of sp³-hybridized carbons (Fsp3) is 0.522. The summed E-state index contributed by atoms with van der Waals surface area (Å²) < 4.78 is 10.0. The van der Waals surface area contributed by atoms with Gasteiger partial charge >= 0.3 is 5.69 Å². The molecule has 0 aliphatic carbocycles. The van der Waals surface area contributed by atoms with Gasteiger partial charge in [-0.3, -0.25) is 13.9 Å². The second-order valence-corrected chi connectivity index (χ2v) is 8.90. The molecule has 3 aromatic rings. The Morgan fingerprint density at radius 1 is 1.03 bits per heavy atom. The maximum atomic E-state index is 13.0. The molecule has 10 nitrogen and oxygen atoms in total. The predicted octanol–water partition coefficient (Wildman–Crippen LogP) is 0.242. The Bertz CT molecular complexity index is 1280. The van der Waals surface area contributed by atoms with Gasteiger partial charge in [0.15, 0.2) is 11.2 Å². The third-order valence-electron chi connectivity index (χ3n) is 6.43. The largest absolute Gasteiger partial charge is 0.491 e. The van der Waals surface area contributed by atoms with E-state index in [4.69, 9.17) is 4.74 Å². The molecule has 3 heterocycles. The molecule has 0 saturated carbocycles. The van der Waals surface area contributed by atoms with E-state index >= 15 is 0 Å². The molecule has 0 spiro atoms. The highest BCUT2D eigenvalue weighted by atomic mass is 16.5. The van der Waals surface area contributed by atoms with Crippen molar-refractivity contribution in [3.63, 3.8) is 0 Å². The quantitative estimate of drug-likeness (QED) is 0.568. The molecule has 1 aliphatic rings. The number of rotatable bonds is 6. The molecular formula is C23H32N6O4. The van der Waals surface area contributed by atoms with Crippen molar-refractivity contribution in [1.29, 1.82) is 0 Å². The summed E-state index contributed by atoms with van der Waals surface area (Å²) in [7, 11) is 5.12. The van der Waals surface area contributed by atoms with Gasteiger partial charge in [0.2, 0.25) is 5.95 Å². The van der Waals surface area contributed by atoms with Crippen molar-refractivity contribution in [3.8, 4) is 5.75 Å². The minimum absolute atomic E-state index is 0.0659. The number of likely N-dealkylation sites (N-methyl/N-ethyl adjacent to an activating group) is 1. The van der Waals surface area contributed by atoms with Crippen molar-refractivity contribution < 1.29 is 9.84 Å². The van der Waals surface area contributed by atoms with Crippen LogP contribution in [0.4, 0.5) is 5.95 Å². The number of aryl methyl sites for hydroxylation is 3. The number of imidazole rings is 1. The van der Waals surface area contributed by atoms with E-state index in [2.05, 4.69) is 21.8 Å². The van der Waals surface area contributed by atoms with Crippen molar-refractivity contribution in [2.75, 3.05) is 44.7 Å². The van der Waals surface area contributed by atoms with Gasteiger partial charge in [-0.1, -0.05) is 6.07 Å². The summed E-state index contributed by atoms with van der Waals surface area (Å²) in [4.78, 5) is 34.5. The SMILES string of the molecule is Cc1ccc(OC[C@@H](O)Cn2c(N3CCN(C)CC3)nc3c2c(=O)n(C)c(=O)n3C)cc1C. The fourth-order valence-corrected chi connectivity index (χ4v) is 4.12. The number of hydrogen-bond donors (Lipinski definition) is 1. The zero-order valence-corrected chi connectivity index (χ0v) is 19.9. The number of ether oxygens (including phenoxy) is 1. The Kier molecular flexibility index (Phi) is 6.31. The lowest BCUT2D eigenvalue weighted by molar-refractivity contribution is 0.0935. The Labute approximate surface area is 192 Å². The molecule has 0 bridgehead atoms. The molecule has 178 valence electrons. The first-order valence-electron chi connectivity index (χ1n) is 11.1. The molecular weight excluding hydrogens is 424 g/mol. The minimum Gasteiger partial charge on any atom is -0.491 e. The smallest absolute Gasteiger partial charge is 0.332 e. The number of nitrogens with zero attached hydrogens (tertiary/aromatic N) is 6. The number of aliphatic hydroxyl groups is 1. The molecule has 0 amide bonds. The van der Waals surface area contributed by atoms with Crippen LogP contribution in [0.25, 0.3) is 11.2 Å². The summed E-state index contributed by atoms with van der Waals surface area (Å²) in [6, 6.07) is 5.80. The first-order valence-corrected chi connectivity index (χ1v) is 11.1. The Hall–Kier alpha value is -3.11. The molecule has 1 saturated heterocycles. The van der Waals surface area contributed by atoms with Crippen LogP contribution >= 0.6 is 0 Å². The summed E-state index contributed by atoms with van der Waals surface area (Å²) in [6.07, 6.45) is -0.878. The summed E-state index contributed by atoms with van der Waals surface area (Å²) in [5.74, 6) is 1.27. The maximum Gasteiger partial charge on any atom is 0.332 e. The summed E-state index contributed by atoms with van der Waals surface area (Å²) in [5.41, 5.74) is 2.05. The molecule has 1 N–H and O–H groups in total. The van der Waals surface area contributed by atoms with Crippen LogP contribution in [0.3, 0.4) is 0 Å². The predicted molar refractivity (Wildman–Crippen MR) is 127 cm³/mol. The van der Waals surface area contributed by atoms with Gasteiger partial charge in [0.25, 0.3) is 5.56 Å². The molecule has 0 radical (unpaired) electrons. The summed E-state index contributed by atoms with van der Waals surface area (Å²) in [6.45, 7) is 7.43. The minimum atomic E-state index is -0.878. The second kappa shape index (κ2) is 9.03. The summed E-state index contributed by atoms with van der Waals surface area (Å²) >= 11 is 0. The molecule has 1 aliphatic heterocycles. The Balaban J connectivity index is 1.68. The zero-order valence-electron chi connectivity index (χ0n) is 19.9. The Morgan fingerprint density at radius 3 is 2.39 bits per heavy atom. The first kappa shape index (κ1) is 23.1. The van der Waals surface area contributed by atoms with Crippen molar-refractivity contribution in [2.45, 2.75) is 26.5 Å². The van der Waals surface area contributed by atoms with Crippen LogP contribution in [0.5, 0.6) is 5.75 Å². The highest BCUT2D eigenvalue weighted by molar-refractivity contribution is 5.74. The van der Waals surface area contributed by atoms with E-state index in [-0.39, 0.29) is 13.2 Å². The standard InChI is InChI=1S/C23H32N6O4/c1-15-6-7-18(12-16(15)2)33-14-17(30)13-29-19-20(26(4)23(32)27(5)21(19)31)24-22(29)28-10-8-25(3)9-11-28/h6-7,12,17,30H,8-11,13-14H2,1-5H3/t17-/m0/s1. The third kappa shape index (κ3) is 4.40. The monoisotopic (exact) mass is 456 g/mol. The average molecular weight is 457 g/mol. The van der Waals surface area contributed by atoms with E-state index in [0.717, 1.165) is 36.3 Å². The molecule has 10 heteroatoms. The van der Waals surface area contributed by atoms with Crippen molar-refractivity contribution in [1.82, 2.24) is 23.6 Å². The molecule has 0 unspecified atom stereocenters. The van der Waals surface area contributed by atoms with Gasteiger partial charge in [0.1, 0.15) is 18.5 Å². The fourth-order valence-electron chi connectivity index (χ4n) is 4.12. The van der Waals surface area contributed by atoms with Crippen LogP contribution in [0.15, 0.2) is 27.8 Å². The highest BCUT2D eigenvalue weighted by Gasteiger charge is 2.26. The molecule has 1 aromatic carbocycles. The number of fused-ring (bicyclic) bond motifs is 1. The number of aromatic nitrogens is 4. The van der Waals surface area contributed by atoms with Crippen molar-refractivity contribution in [3.05, 3.63) is 50.2 Å². The van der Waals surface area contributed by atoms with E-state index in [9.17, 15) is 14.7 Å². The van der Waals surface area contributed by atoms with Gasteiger partial charge in [0, 0.05) is 40.3 Å². The lowest BCUT2D eigenvalue weighted by Gasteiger charge is -2.33. The van der Waals surface area contributed by atoms with Crippen LogP contribution in [-0.2, 0) is 20.6 Å². The van der Waals surface area contributed by atoms with Crippen LogP contribution in [0.2, 0.25) is 0 Å². The van der Waals surface area contributed by atoms with Gasteiger partial charge in [-0.05, 0) is 44.2 Å². The number of benzene rings is 1. The van der Waals surface area contributed by atoms with Gasteiger partial charge in [-0.15, -0.1) is 0 Å². The van der Waals surface area contributed by atoms with E-state index in [0.29, 0.717) is 22.9 Å². The highest BCUT2D eigenvalue weighted by Crippen LogP contribution is 2.22. The number of anilines is 1. The lowest BCUT2D eigenvalue weighted by Crippen LogP contribution is -2.45. The van der Waals surface area contributed by atoms with Crippen LogP contribution < -0.4 is 20.9 Å². The molecule has 4 rings (SSSR count). The van der Waals surface area contributed by atoms with E-state index in [1.54, 1.807) is 11.6 Å². The molecule has 1 fully saturated rings. The number of piperazine rings is 1. The number of aliphatic hydroxyl groups excluding tert-OH is 1. The number of hydrogen-bond acceptors (Lipinski definition) is 7. The van der Waals surface area contributed by atoms with Gasteiger partial charge in [0.05, 0.1) is 6.54 Å². The third-order valence-corrected chi connectivity index (χ3v) is 6.43. The van der Waals surface area contributed by atoms with E-state index in [1.807, 2.05) is 32.0 Å². The molecule has 2 aromatic heterocycles. The van der Waals surface area contributed by atoms with Crippen LogP contribution in [0.1, 0.15) is 11.1 Å². The molecule has 33 heavy (non-hydrogen) atoms. The van der Waals surface area contributed by atoms with Gasteiger partial charge in [-0.2, -0.15) is 4.98 Å². The van der Waals surface area contributed by atoms with Crippen LogP contribution in [0, 0.1) is 13.8 Å². The zero-order chi connectivity index (χ0) is 23.9. The first-order chi connectivity index (χ1) is 15.7. The van der Waals surface area contributed by atoms with Crippen LogP contribution in [-0.4, -0.2) is 74.6 Å². The summed E-state index contributed by atoms with van der Waals surface area (Å²) in [5, 5.41) is 10.8. The average Bonchev–Trinajstić information content (AvgIpc) is 3.16. The lowest BCUT2D eigenvalue weighted by atomic mass is 10.1. The van der Waals surface area contributed by atoms with Crippen molar-refractivity contribution >= 4 is 17.1 Å². The second-order valence-electron chi connectivity index (χ2n) is 8.90. The van der Waals surface area contributed by atoms with Gasteiger partial charge in [-0.25, -0.2) is 4.79 Å². The Morgan fingerprint density at radius 2 is 1.73 bits per heavy atom. The van der Waals surface area contributed by atoms with E-state index < -0.39 is 17.4 Å². The van der Waals surface area contributed by atoms with E-state index in [1.165, 1.54) is 17.2 Å². The normalized spacial score (nSPS) is 15.9. The van der Waals surface area contributed by atoms with Gasteiger partial charge < -0.3 is 24.2 Å². The maximum absolute atomic E-state index is 13.0.